The van der Waals surface area contributed by atoms with Crippen molar-refractivity contribution in [1.29, 1.82) is 0 Å². The predicted molar refractivity (Wildman–Crippen MR) is 82.6 cm³/mol. The van der Waals surface area contributed by atoms with E-state index in [1.165, 1.54) is 23.4 Å². The van der Waals surface area contributed by atoms with Gasteiger partial charge in [0.2, 0.25) is 0 Å². The van der Waals surface area contributed by atoms with Crippen LogP contribution < -0.4 is 10.2 Å². The number of fused-ring (bicyclic) bond motifs is 1. The standard InChI is InChI=1S/C16H24N2O2/c1-18-11-5-6-13-12-14(8-9-15(13)18)17-10-4-2-3-7-16(19)20/h8-9,12,17H,2-7,10-11H2,1H3,(H,19,20). The molecular formula is C16H24N2O2. The number of unbranched alkanes of at least 4 members (excludes halogenated alkanes) is 2. The molecule has 0 saturated heterocycles. The smallest absolute Gasteiger partial charge is 0.303 e. The molecule has 2 N–H and O–H groups in total. The molecule has 1 aromatic carbocycles. The Balaban J connectivity index is 1.75. The van der Waals surface area contributed by atoms with Crippen molar-refractivity contribution in [1.82, 2.24) is 0 Å². The Hall–Kier alpha value is -1.71. The van der Waals surface area contributed by atoms with E-state index in [1.54, 1.807) is 0 Å². The first-order valence-corrected chi connectivity index (χ1v) is 7.46. The van der Waals surface area contributed by atoms with Crippen LogP contribution in [0, 0.1) is 0 Å². The maximum absolute atomic E-state index is 10.4. The van der Waals surface area contributed by atoms with E-state index in [0.29, 0.717) is 0 Å². The van der Waals surface area contributed by atoms with Gasteiger partial charge in [-0.25, -0.2) is 0 Å². The van der Waals surface area contributed by atoms with Crippen LogP contribution in [0.4, 0.5) is 11.4 Å². The van der Waals surface area contributed by atoms with Crippen LogP contribution in [0.25, 0.3) is 0 Å². The fourth-order valence-corrected chi connectivity index (χ4v) is 2.71. The molecule has 1 aromatic rings. The number of carboxylic acid groups (broad SMARTS) is 1. The van der Waals surface area contributed by atoms with Crippen molar-refractivity contribution in [3.8, 4) is 0 Å². The number of nitrogens with zero attached hydrogens (tertiary/aromatic N) is 1. The zero-order valence-electron chi connectivity index (χ0n) is 12.2. The molecule has 0 fully saturated rings. The topological polar surface area (TPSA) is 52.6 Å². The lowest BCUT2D eigenvalue weighted by atomic mass is 10.0. The van der Waals surface area contributed by atoms with Crippen molar-refractivity contribution in [3.63, 3.8) is 0 Å². The Morgan fingerprint density at radius 3 is 3.00 bits per heavy atom. The van der Waals surface area contributed by atoms with Crippen molar-refractivity contribution >= 4 is 17.3 Å². The van der Waals surface area contributed by atoms with Crippen LogP contribution >= 0.6 is 0 Å². The minimum atomic E-state index is -0.697. The van der Waals surface area contributed by atoms with Crippen LogP contribution in [-0.2, 0) is 11.2 Å². The average Bonchev–Trinajstić information content (AvgIpc) is 2.42. The van der Waals surface area contributed by atoms with Crippen molar-refractivity contribution in [2.75, 3.05) is 30.4 Å². The highest BCUT2D eigenvalue weighted by Gasteiger charge is 2.13. The van der Waals surface area contributed by atoms with Gasteiger partial charge in [-0.15, -0.1) is 0 Å². The van der Waals surface area contributed by atoms with E-state index < -0.39 is 5.97 Å². The van der Waals surface area contributed by atoms with Gasteiger partial charge in [0, 0.05) is 37.9 Å². The predicted octanol–water partition coefficient (Wildman–Crippen LogP) is 3.13. The summed E-state index contributed by atoms with van der Waals surface area (Å²) in [5.41, 5.74) is 3.95. The second-order valence-electron chi connectivity index (χ2n) is 5.50. The fourth-order valence-electron chi connectivity index (χ4n) is 2.71. The second-order valence-corrected chi connectivity index (χ2v) is 5.50. The molecule has 0 saturated carbocycles. The van der Waals surface area contributed by atoms with Gasteiger partial charge in [0.25, 0.3) is 0 Å². The normalized spacial score (nSPS) is 13.9. The van der Waals surface area contributed by atoms with Gasteiger partial charge in [0.1, 0.15) is 0 Å². The van der Waals surface area contributed by atoms with E-state index in [2.05, 4.69) is 35.5 Å². The van der Waals surface area contributed by atoms with E-state index in [9.17, 15) is 4.79 Å². The number of anilines is 2. The summed E-state index contributed by atoms with van der Waals surface area (Å²) in [5, 5.41) is 12.0. The Bertz CT molecular complexity index is 460. The monoisotopic (exact) mass is 276 g/mol. The number of hydrogen-bond donors (Lipinski definition) is 2. The molecule has 0 amide bonds. The third-order valence-corrected chi connectivity index (χ3v) is 3.83. The van der Waals surface area contributed by atoms with Gasteiger partial charge >= 0.3 is 5.97 Å². The first-order chi connectivity index (χ1) is 9.66. The van der Waals surface area contributed by atoms with Crippen LogP contribution in [-0.4, -0.2) is 31.2 Å². The molecule has 1 aliphatic rings. The molecule has 0 aliphatic carbocycles. The van der Waals surface area contributed by atoms with Crippen LogP contribution in [0.1, 0.15) is 37.7 Å². The minimum Gasteiger partial charge on any atom is -0.481 e. The summed E-state index contributed by atoms with van der Waals surface area (Å²) in [6.07, 6.45) is 5.42. The van der Waals surface area contributed by atoms with E-state index in [4.69, 9.17) is 5.11 Å². The lowest BCUT2D eigenvalue weighted by Crippen LogP contribution is -2.24. The number of rotatable bonds is 7. The molecule has 110 valence electrons. The quantitative estimate of drug-likeness (QED) is 0.751. The Labute approximate surface area is 120 Å². The molecule has 0 atom stereocenters. The highest BCUT2D eigenvalue weighted by Crippen LogP contribution is 2.28. The first-order valence-electron chi connectivity index (χ1n) is 7.46. The van der Waals surface area contributed by atoms with Gasteiger partial charge in [0.15, 0.2) is 0 Å². The molecule has 0 unspecified atom stereocenters. The molecule has 1 aliphatic heterocycles. The van der Waals surface area contributed by atoms with Crippen LogP contribution in [0.15, 0.2) is 18.2 Å². The molecule has 0 aromatic heterocycles. The molecule has 4 heteroatoms. The van der Waals surface area contributed by atoms with Crippen LogP contribution in [0.2, 0.25) is 0 Å². The lowest BCUT2D eigenvalue weighted by Gasteiger charge is -2.27. The highest BCUT2D eigenvalue weighted by molar-refractivity contribution is 5.66. The summed E-state index contributed by atoms with van der Waals surface area (Å²) < 4.78 is 0. The molecule has 1 heterocycles. The maximum Gasteiger partial charge on any atom is 0.303 e. The van der Waals surface area contributed by atoms with Gasteiger partial charge in [-0.1, -0.05) is 6.42 Å². The maximum atomic E-state index is 10.4. The van der Waals surface area contributed by atoms with Crippen molar-refractivity contribution in [3.05, 3.63) is 23.8 Å². The summed E-state index contributed by atoms with van der Waals surface area (Å²) in [4.78, 5) is 12.7. The second kappa shape index (κ2) is 7.17. The van der Waals surface area contributed by atoms with Gasteiger partial charge < -0.3 is 15.3 Å². The van der Waals surface area contributed by atoms with Gasteiger partial charge in [0.05, 0.1) is 0 Å². The van der Waals surface area contributed by atoms with E-state index in [-0.39, 0.29) is 6.42 Å². The molecule has 20 heavy (non-hydrogen) atoms. The zero-order valence-corrected chi connectivity index (χ0v) is 12.2. The summed E-state index contributed by atoms with van der Waals surface area (Å²) in [6.45, 7) is 2.05. The number of aryl methyl sites for hydroxylation is 1. The zero-order chi connectivity index (χ0) is 14.4. The molecular weight excluding hydrogens is 252 g/mol. The van der Waals surface area contributed by atoms with E-state index >= 15 is 0 Å². The number of benzene rings is 1. The molecule has 0 radical (unpaired) electrons. The first kappa shape index (κ1) is 14.7. The SMILES string of the molecule is CN1CCCc2cc(NCCCCCC(=O)O)ccc21. The van der Waals surface area contributed by atoms with Gasteiger partial charge in [-0.05, 0) is 49.4 Å². The molecule has 2 rings (SSSR count). The largest absolute Gasteiger partial charge is 0.481 e. The molecule has 0 bridgehead atoms. The molecule has 4 nitrogen and oxygen atoms in total. The summed E-state index contributed by atoms with van der Waals surface area (Å²) in [5.74, 6) is -0.697. The van der Waals surface area contributed by atoms with Gasteiger partial charge in [-0.3, -0.25) is 4.79 Å². The number of aliphatic carboxylic acids is 1. The minimum absolute atomic E-state index is 0.283. The van der Waals surface area contributed by atoms with E-state index in [1.807, 2.05) is 0 Å². The summed E-state index contributed by atoms with van der Waals surface area (Å²) in [7, 11) is 2.15. The number of nitrogens with one attached hydrogen (secondary N) is 1. The summed E-state index contributed by atoms with van der Waals surface area (Å²) >= 11 is 0. The third-order valence-electron chi connectivity index (χ3n) is 3.83. The molecule has 0 spiro atoms. The lowest BCUT2D eigenvalue weighted by molar-refractivity contribution is -0.137. The third kappa shape index (κ3) is 4.15. The van der Waals surface area contributed by atoms with E-state index in [0.717, 1.165) is 38.8 Å². The number of carboxylic acids is 1. The van der Waals surface area contributed by atoms with Crippen molar-refractivity contribution in [2.45, 2.75) is 38.5 Å². The number of hydrogen-bond acceptors (Lipinski definition) is 3. The Kier molecular flexibility index (Phi) is 5.27. The van der Waals surface area contributed by atoms with Crippen molar-refractivity contribution in [2.24, 2.45) is 0 Å². The summed E-state index contributed by atoms with van der Waals surface area (Å²) in [6, 6.07) is 6.58. The van der Waals surface area contributed by atoms with Crippen LogP contribution in [0.3, 0.4) is 0 Å². The van der Waals surface area contributed by atoms with Crippen LogP contribution in [0.5, 0.6) is 0 Å². The number of carbonyl (C=O) groups is 1. The van der Waals surface area contributed by atoms with Gasteiger partial charge in [-0.2, -0.15) is 0 Å². The highest BCUT2D eigenvalue weighted by atomic mass is 16.4. The Morgan fingerprint density at radius 1 is 1.35 bits per heavy atom. The fraction of sp³-hybridized carbons (Fsp3) is 0.562. The Morgan fingerprint density at radius 2 is 2.20 bits per heavy atom. The average molecular weight is 276 g/mol. The van der Waals surface area contributed by atoms with Crippen molar-refractivity contribution < 1.29 is 9.90 Å².